The van der Waals surface area contributed by atoms with Crippen molar-refractivity contribution in [3.63, 3.8) is 0 Å². The van der Waals surface area contributed by atoms with Crippen molar-refractivity contribution in [3.05, 3.63) is 144 Å². The molecule has 4 aromatic carbocycles. The number of carbonyl (C=O) groups excluding carboxylic acids is 4. The number of esters is 1. The number of nitrogens with two attached hydrogens (primary N) is 1. The van der Waals surface area contributed by atoms with Crippen LogP contribution in [0.15, 0.2) is 121 Å². The second-order valence-corrected chi connectivity index (χ2v) is 40.8. The summed E-state index contributed by atoms with van der Waals surface area (Å²) >= 11 is 0. The molecule has 0 aromatic heterocycles. The Morgan fingerprint density at radius 2 is 0.605 bits per heavy atom. The Bertz CT molecular complexity index is 2720. The molecule has 0 aliphatic heterocycles. The summed E-state index contributed by atoms with van der Waals surface area (Å²) in [4.78, 5) is 54.0. The molecule has 0 radical (unpaired) electrons. The number of carboxylic acid groups (broad SMARTS) is 1. The molecule has 0 heterocycles. The second kappa shape index (κ2) is 99.0. The van der Waals surface area contributed by atoms with E-state index in [1.165, 1.54) is 76.2 Å². The van der Waals surface area contributed by atoms with Crippen molar-refractivity contribution in [2.24, 2.45) is 106 Å². The van der Waals surface area contributed by atoms with Crippen LogP contribution in [0.25, 0.3) is 0 Å². The molecule has 0 atom stereocenters. The molecule has 0 bridgehead atoms. The molecule has 5 N–H and O–H groups in total. The summed E-state index contributed by atoms with van der Waals surface area (Å²) in [6, 6.07) is 39.7. The fraction of sp³-hybridized carbons (Fsp3) is 0.741. The molecule has 3 amide bonds. The number of benzene rings is 4. The van der Waals surface area contributed by atoms with Gasteiger partial charge in [-0.3, -0.25) is 14.4 Å². The van der Waals surface area contributed by atoms with E-state index in [9.17, 15) is 24.0 Å². The van der Waals surface area contributed by atoms with Crippen LogP contribution in [0.5, 0.6) is 0 Å². The number of nitrogens with one attached hydrogen (secondary N) is 2. The number of hydrogen-bond acceptors (Lipinski definition) is 8. The highest BCUT2D eigenvalue weighted by molar-refractivity contribution is 5.73. The number of carbonyl (C=O) groups is 5. The maximum atomic E-state index is 11.4. The molecule has 0 unspecified atom stereocenters. The van der Waals surface area contributed by atoms with Crippen molar-refractivity contribution in [1.82, 2.24) is 10.6 Å². The maximum absolute atomic E-state index is 11.4. The molecule has 730 valence electrons. The van der Waals surface area contributed by atoms with E-state index in [-0.39, 0.29) is 24.1 Å². The number of amides is 3. The molecular formula is C112H213N3O9. The van der Waals surface area contributed by atoms with Gasteiger partial charge in [0.05, 0.1) is 0 Å². The molecule has 0 saturated carbocycles. The monoisotopic (exact) mass is 1740 g/mol. The average molecular weight is 1750 g/mol. The van der Waals surface area contributed by atoms with Crippen LogP contribution in [-0.4, -0.2) is 48.2 Å². The van der Waals surface area contributed by atoms with Gasteiger partial charge in [-0.15, -0.1) is 0 Å². The van der Waals surface area contributed by atoms with Gasteiger partial charge in [0.2, 0.25) is 5.91 Å². The number of alkyl carbamates (subject to hydrolysis) is 2. The fourth-order valence-electron chi connectivity index (χ4n) is 8.97. The van der Waals surface area contributed by atoms with Crippen LogP contribution >= 0.6 is 0 Å². The zero-order chi connectivity index (χ0) is 98.0. The molecule has 12 heteroatoms. The van der Waals surface area contributed by atoms with Gasteiger partial charge in [0, 0.05) is 32.4 Å². The summed E-state index contributed by atoms with van der Waals surface area (Å²) in [5.41, 5.74) is 9.89. The lowest BCUT2D eigenvalue weighted by molar-refractivity contribution is -0.145. The lowest BCUT2D eigenvalue weighted by atomic mass is 9.84. The minimum atomic E-state index is -0.696. The number of carboxylic acids is 1. The maximum Gasteiger partial charge on any atom is 0.407 e. The SMILES string of the molecule is CC(C)C.CC(C)C(C)(C)C.CC(C)C(C)C.CC(C)CC(C)C.CC(C)CCC(=O)O.CC(C)CCC(=O)OCc1ccccc1.CC(C)CCC(N)=O.CC(C)CCCCNC(=O)OCc1ccccc1.CC(C)CCCNC(=O)OCc1ccccc1.CC(C)Cc1ccccc1.CCC(C)C.CCCC(C)C.CCCC(C)C.CCCCC(C)C. The summed E-state index contributed by atoms with van der Waals surface area (Å²) in [6.45, 7) is 90.8. The number of primary amides is 1. The van der Waals surface area contributed by atoms with Crippen LogP contribution in [0.4, 0.5) is 9.59 Å². The summed E-state index contributed by atoms with van der Waals surface area (Å²) in [7, 11) is 0. The van der Waals surface area contributed by atoms with Gasteiger partial charge in [0.25, 0.3) is 0 Å². The van der Waals surface area contributed by atoms with Gasteiger partial charge in [-0.2, -0.15) is 0 Å². The second-order valence-electron chi connectivity index (χ2n) is 40.8. The smallest absolute Gasteiger partial charge is 0.407 e. The van der Waals surface area contributed by atoms with Gasteiger partial charge in [-0.25, -0.2) is 9.59 Å². The molecular weight excluding hydrogens is 1530 g/mol. The third-order valence-corrected chi connectivity index (χ3v) is 18.4. The van der Waals surface area contributed by atoms with Gasteiger partial charge in [0.1, 0.15) is 19.8 Å². The minimum Gasteiger partial charge on any atom is -0.481 e. The molecule has 124 heavy (non-hydrogen) atoms. The van der Waals surface area contributed by atoms with E-state index in [4.69, 9.17) is 25.1 Å². The van der Waals surface area contributed by atoms with E-state index in [2.05, 4.69) is 304 Å². The third-order valence-electron chi connectivity index (χ3n) is 18.4. The molecule has 4 rings (SSSR count). The number of unbranched alkanes of at least 4 members (excludes halogenated alkanes) is 2. The van der Waals surface area contributed by atoms with Gasteiger partial charge in [-0.1, -0.05) is 462 Å². The first kappa shape index (κ1) is 138. The van der Waals surface area contributed by atoms with Crippen LogP contribution in [-0.2, 0) is 54.8 Å². The summed E-state index contributed by atoms with van der Waals surface area (Å²) in [5, 5.41) is 13.7. The number of aliphatic carboxylic acids is 1. The summed E-state index contributed by atoms with van der Waals surface area (Å²) < 4.78 is 15.3. The number of hydrogen-bond donors (Lipinski definition) is 4. The quantitative estimate of drug-likeness (QED) is 0.0194. The number of rotatable bonds is 37. The van der Waals surface area contributed by atoms with Crippen LogP contribution in [0.2, 0.25) is 0 Å². The Morgan fingerprint density at radius 3 is 0.815 bits per heavy atom. The van der Waals surface area contributed by atoms with E-state index >= 15 is 0 Å². The topological polar surface area (TPSA) is 183 Å². The molecule has 0 aliphatic rings. The predicted octanol–water partition coefficient (Wildman–Crippen LogP) is 34.7. The minimum absolute atomic E-state index is 0.104. The van der Waals surface area contributed by atoms with Crippen molar-refractivity contribution in [2.45, 2.75) is 432 Å². The fourth-order valence-corrected chi connectivity index (χ4v) is 8.97. The van der Waals surface area contributed by atoms with E-state index in [1.807, 2.05) is 105 Å². The van der Waals surface area contributed by atoms with Crippen molar-refractivity contribution in [3.8, 4) is 0 Å². The molecule has 4 aromatic rings. The number of ether oxygens (including phenoxy) is 3. The largest absolute Gasteiger partial charge is 0.481 e. The van der Waals surface area contributed by atoms with E-state index in [1.54, 1.807) is 0 Å². The van der Waals surface area contributed by atoms with Crippen molar-refractivity contribution < 1.29 is 43.3 Å². The van der Waals surface area contributed by atoms with Crippen LogP contribution in [0, 0.1) is 100 Å². The van der Waals surface area contributed by atoms with Gasteiger partial charge in [0.15, 0.2) is 0 Å². The van der Waals surface area contributed by atoms with Gasteiger partial charge >= 0.3 is 24.1 Å². The van der Waals surface area contributed by atoms with Crippen LogP contribution in [0.1, 0.15) is 428 Å². The van der Waals surface area contributed by atoms with Crippen molar-refractivity contribution >= 4 is 30.0 Å². The van der Waals surface area contributed by atoms with Crippen LogP contribution < -0.4 is 16.4 Å². The molecule has 0 saturated heterocycles. The highest BCUT2D eigenvalue weighted by Gasteiger charge is 2.14. The van der Waals surface area contributed by atoms with Gasteiger partial charge in [-0.05, 0) is 174 Å². The lowest BCUT2D eigenvalue weighted by Gasteiger charge is -2.22. The van der Waals surface area contributed by atoms with E-state index in [0.717, 1.165) is 133 Å². The Labute approximate surface area is 773 Å². The Balaban J connectivity index is -0.000000145. The zero-order valence-corrected chi connectivity index (χ0v) is 89.5. The average Bonchev–Trinajstić information content (AvgIpc) is 0.975. The Morgan fingerprint density at radius 1 is 0.331 bits per heavy atom. The van der Waals surface area contributed by atoms with Crippen molar-refractivity contribution in [1.29, 1.82) is 0 Å². The molecule has 0 spiro atoms. The Hall–Kier alpha value is -6.17. The summed E-state index contributed by atoms with van der Waals surface area (Å²) in [6.07, 6.45) is 22.2. The highest BCUT2D eigenvalue weighted by Crippen LogP contribution is 2.24. The molecule has 0 aliphatic carbocycles. The molecule has 0 fully saturated rings. The third kappa shape index (κ3) is 150. The highest BCUT2D eigenvalue weighted by atomic mass is 16.6. The van der Waals surface area contributed by atoms with E-state index < -0.39 is 5.97 Å². The van der Waals surface area contributed by atoms with E-state index in [0.29, 0.717) is 81.3 Å². The predicted molar refractivity (Wildman–Crippen MR) is 550 cm³/mol. The van der Waals surface area contributed by atoms with Crippen LogP contribution in [0.3, 0.4) is 0 Å². The zero-order valence-electron chi connectivity index (χ0n) is 89.5. The summed E-state index contributed by atoms with van der Waals surface area (Å²) in [5.74, 6) is 11.5. The molecule has 12 nitrogen and oxygen atoms in total. The lowest BCUT2D eigenvalue weighted by Crippen LogP contribution is -2.25. The van der Waals surface area contributed by atoms with Crippen molar-refractivity contribution in [2.75, 3.05) is 13.1 Å². The van der Waals surface area contributed by atoms with Gasteiger partial charge < -0.3 is 35.7 Å². The first-order chi connectivity index (χ1) is 57.6. The first-order valence-corrected chi connectivity index (χ1v) is 49.2. The normalized spacial score (nSPS) is 10.4. The standard InChI is InChI=1S/C15H23NO2.C14H21NO2.C13H18O2.C10H14.3C7H16.C6H13NO.C6H12O2.3C6H14.C5H12.C4H10/c1-13(2)8-6-7-11-16-15(17)18-12-14-9-4-3-5-10-14;1-12(2)7-6-10-15-14(16)17-11-13-8-4-3-5-9-13;1-11(2)8-9-13(14)15-10-12-6-4-3-5-7-12;1-9(2)8-10-6-4-3-5-7-10;1-6(2)7(3,4)5;1-6(2)5-7(3)4;1-4-5-6-7(2)3;2*1-5(2)3-4-6(7)8;1-5(2)6(3)4;2*1-4-5-6(2)3;1-4-5(2)3;1-4(2)3/h3-5,9-10,13H,6-8,11-12H2,1-2H3,(H,16,17);3-5,8-9,12H,6-7,10-11H2,1-2H3,(H,15,16);3-7,11H,8-10H2,1-2H3;3-7,9H,8H2,1-2H3;6H,1-5H3;6-7H,5H2,1-4H3;7H,4-6H2,1-3H3;5H,3-4H2,1-2H3,(H2,7,8);5H,3-4H2,1-2H3,(H,7,8);5-6H,1-4H3;2*6H,4-5H2,1-3H3;5H,4H2,1-3H3;4H,1-3H3. The Kier molecular flexibility index (Phi) is 110. The first-order valence-electron chi connectivity index (χ1n) is 49.2.